The Morgan fingerprint density at radius 3 is 2.61 bits per heavy atom. The van der Waals surface area contributed by atoms with Crippen molar-refractivity contribution in [2.45, 2.75) is 64.5 Å². The molecule has 2 fully saturated rings. The summed E-state index contributed by atoms with van der Waals surface area (Å²) in [4.78, 5) is 11.5. The van der Waals surface area contributed by atoms with Crippen LogP contribution in [0.3, 0.4) is 0 Å². The Morgan fingerprint density at radius 2 is 1.91 bits per heavy atom. The minimum atomic E-state index is 0.352. The van der Waals surface area contributed by atoms with Crippen LogP contribution >= 0.6 is 0 Å². The van der Waals surface area contributed by atoms with Crippen LogP contribution in [-0.2, 0) is 0 Å². The summed E-state index contributed by atoms with van der Waals surface area (Å²) in [6, 6.07) is 3.19. The summed E-state index contributed by atoms with van der Waals surface area (Å²) in [7, 11) is 0. The van der Waals surface area contributed by atoms with E-state index < -0.39 is 0 Å². The number of hydrogen-bond acceptors (Lipinski definition) is 5. The molecule has 0 radical (unpaired) electrons. The first kappa shape index (κ1) is 16.5. The van der Waals surface area contributed by atoms with Gasteiger partial charge in [-0.15, -0.1) is 0 Å². The van der Waals surface area contributed by atoms with Gasteiger partial charge in [-0.25, -0.2) is 4.98 Å². The first-order valence-electron chi connectivity index (χ1n) is 9.28. The molecule has 128 valence electrons. The van der Waals surface area contributed by atoms with E-state index in [-0.39, 0.29) is 0 Å². The molecule has 0 amide bonds. The van der Waals surface area contributed by atoms with Crippen molar-refractivity contribution in [3.8, 4) is 0 Å². The molecule has 0 atom stereocenters. The van der Waals surface area contributed by atoms with Crippen molar-refractivity contribution >= 4 is 11.8 Å². The van der Waals surface area contributed by atoms with Crippen LogP contribution in [-0.4, -0.2) is 46.6 Å². The van der Waals surface area contributed by atoms with Gasteiger partial charge in [-0.3, -0.25) is 0 Å². The molecule has 0 spiro atoms. The van der Waals surface area contributed by atoms with Crippen LogP contribution in [0.15, 0.2) is 12.3 Å². The number of likely N-dealkylation sites (tertiary alicyclic amines) is 1. The number of rotatable bonds is 6. The molecule has 1 aromatic heterocycles. The molecule has 5 nitrogen and oxygen atoms in total. The van der Waals surface area contributed by atoms with Crippen molar-refractivity contribution in [1.82, 2.24) is 14.9 Å². The maximum Gasteiger partial charge on any atom is 0.224 e. The lowest BCUT2D eigenvalue weighted by Gasteiger charge is -2.36. The van der Waals surface area contributed by atoms with Crippen molar-refractivity contribution in [3.63, 3.8) is 0 Å². The zero-order valence-electron chi connectivity index (χ0n) is 14.6. The van der Waals surface area contributed by atoms with Gasteiger partial charge in [0.25, 0.3) is 0 Å². The number of piperidine rings is 1. The standard InChI is InChI=1S/C18H31N5/c1-14(2)21-18-19-10-7-17(22-18)20-13-15-8-11-23(12-9-15)16-5-3-4-6-16/h7,10,14-16H,3-6,8-9,11-13H2,1-2H3,(H2,19,20,21,22). The average molecular weight is 317 g/mol. The molecular weight excluding hydrogens is 286 g/mol. The number of aromatic nitrogens is 2. The Kier molecular flexibility index (Phi) is 5.70. The third-order valence-electron chi connectivity index (χ3n) is 5.14. The fourth-order valence-electron chi connectivity index (χ4n) is 3.83. The third kappa shape index (κ3) is 4.80. The summed E-state index contributed by atoms with van der Waals surface area (Å²) in [5.74, 6) is 2.41. The zero-order chi connectivity index (χ0) is 16.1. The first-order valence-corrected chi connectivity index (χ1v) is 9.28. The van der Waals surface area contributed by atoms with E-state index in [0.29, 0.717) is 12.0 Å². The highest BCUT2D eigenvalue weighted by Gasteiger charge is 2.26. The van der Waals surface area contributed by atoms with Crippen LogP contribution in [0.2, 0.25) is 0 Å². The van der Waals surface area contributed by atoms with E-state index in [1.54, 1.807) is 0 Å². The fourth-order valence-corrected chi connectivity index (χ4v) is 3.83. The predicted octanol–water partition coefficient (Wildman–Crippen LogP) is 3.36. The summed E-state index contributed by atoms with van der Waals surface area (Å²) in [5.41, 5.74) is 0. The Bertz CT molecular complexity index is 476. The molecule has 3 rings (SSSR count). The molecule has 1 saturated carbocycles. The Balaban J connectivity index is 1.42. The Morgan fingerprint density at radius 1 is 1.17 bits per heavy atom. The largest absolute Gasteiger partial charge is 0.370 e. The van der Waals surface area contributed by atoms with Crippen molar-refractivity contribution in [1.29, 1.82) is 0 Å². The lowest BCUT2D eigenvalue weighted by molar-refractivity contribution is 0.138. The molecule has 0 aromatic carbocycles. The number of nitrogens with one attached hydrogen (secondary N) is 2. The molecule has 1 aliphatic heterocycles. The van der Waals surface area contributed by atoms with Crippen LogP contribution < -0.4 is 10.6 Å². The van der Waals surface area contributed by atoms with Gasteiger partial charge in [-0.05, 0) is 64.6 Å². The van der Waals surface area contributed by atoms with E-state index in [1.807, 2.05) is 12.3 Å². The van der Waals surface area contributed by atoms with Crippen LogP contribution in [0, 0.1) is 5.92 Å². The summed E-state index contributed by atoms with van der Waals surface area (Å²) >= 11 is 0. The van der Waals surface area contributed by atoms with Gasteiger partial charge >= 0.3 is 0 Å². The van der Waals surface area contributed by atoms with Crippen molar-refractivity contribution in [2.24, 2.45) is 5.92 Å². The number of nitrogens with zero attached hydrogens (tertiary/aromatic N) is 3. The average Bonchev–Trinajstić information content (AvgIpc) is 3.08. The lowest BCUT2D eigenvalue weighted by atomic mass is 9.95. The number of hydrogen-bond donors (Lipinski definition) is 2. The number of anilines is 2. The van der Waals surface area contributed by atoms with Crippen molar-refractivity contribution in [3.05, 3.63) is 12.3 Å². The molecule has 23 heavy (non-hydrogen) atoms. The predicted molar refractivity (Wildman–Crippen MR) is 95.8 cm³/mol. The zero-order valence-corrected chi connectivity index (χ0v) is 14.6. The fraction of sp³-hybridized carbons (Fsp3) is 0.778. The molecule has 5 heteroatoms. The van der Waals surface area contributed by atoms with Crippen LogP contribution in [0.25, 0.3) is 0 Å². The highest BCUT2D eigenvalue weighted by Crippen LogP contribution is 2.27. The van der Waals surface area contributed by atoms with E-state index in [1.165, 1.54) is 51.6 Å². The molecular formula is C18H31N5. The molecule has 0 unspecified atom stereocenters. The second kappa shape index (κ2) is 7.95. The van der Waals surface area contributed by atoms with Gasteiger partial charge in [0.05, 0.1) is 0 Å². The second-order valence-electron chi connectivity index (χ2n) is 7.36. The topological polar surface area (TPSA) is 53.1 Å². The van der Waals surface area contributed by atoms with E-state index >= 15 is 0 Å². The molecule has 1 aromatic rings. The molecule has 2 heterocycles. The van der Waals surface area contributed by atoms with Crippen molar-refractivity contribution in [2.75, 3.05) is 30.3 Å². The summed E-state index contributed by atoms with van der Waals surface area (Å²) in [6.45, 7) is 7.78. The van der Waals surface area contributed by atoms with Gasteiger partial charge in [0, 0.05) is 24.8 Å². The lowest BCUT2D eigenvalue weighted by Crippen LogP contribution is -2.41. The van der Waals surface area contributed by atoms with Gasteiger partial charge in [0.15, 0.2) is 0 Å². The normalized spacial score (nSPS) is 21.0. The molecule has 2 N–H and O–H groups in total. The smallest absolute Gasteiger partial charge is 0.224 e. The van der Waals surface area contributed by atoms with Gasteiger partial charge in [0.2, 0.25) is 5.95 Å². The SMILES string of the molecule is CC(C)Nc1nccc(NCC2CCN(C3CCCC3)CC2)n1. The monoisotopic (exact) mass is 317 g/mol. The van der Waals surface area contributed by atoms with E-state index in [2.05, 4.69) is 39.3 Å². The van der Waals surface area contributed by atoms with Gasteiger partial charge in [-0.1, -0.05) is 12.8 Å². The Labute approximate surface area is 140 Å². The van der Waals surface area contributed by atoms with Gasteiger partial charge in [0.1, 0.15) is 5.82 Å². The molecule has 1 aliphatic carbocycles. The third-order valence-corrected chi connectivity index (χ3v) is 5.14. The van der Waals surface area contributed by atoms with Crippen LogP contribution in [0.4, 0.5) is 11.8 Å². The second-order valence-corrected chi connectivity index (χ2v) is 7.36. The Hall–Kier alpha value is -1.36. The summed E-state index contributed by atoms with van der Waals surface area (Å²) < 4.78 is 0. The molecule has 0 bridgehead atoms. The van der Waals surface area contributed by atoms with Gasteiger partial charge in [-0.2, -0.15) is 4.98 Å². The van der Waals surface area contributed by atoms with Crippen LogP contribution in [0.5, 0.6) is 0 Å². The maximum atomic E-state index is 4.53. The van der Waals surface area contributed by atoms with E-state index in [9.17, 15) is 0 Å². The highest BCUT2D eigenvalue weighted by molar-refractivity contribution is 5.39. The first-order chi connectivity index (χ1) is 11.2. The minimum absolute atomic E-state index is 0.352. The minimum Gasteiger partial charge on any atom is -0.370 e. The summed E-state index contributed by atoms with van der Waals surface area (Å²) in [5, 5.41) is 6.75. The quantitative estimate of drug-likeness (QED) is 0.842. The molecule has 1 saturated heterocycles. The van der Waals surface area contributed by atoms with E-state index in [0.717, 1.165) is 24.3 Å². The van der Waals surface area contributed by atoms with Gasteiger partial charge < -0.3 is 15.5 Å². The van der Waals surface area contributed by atoms with E-state index in [4.69, 9.17) is 0 Å². The van der Waals surface area contributed by atoms with Crippen LogP contribution in [0.1, 0.15) is 52.4 Å². The molecule has 2 aliphatic rings. The maximum absolute atomic E-state index is 4.53. The summed E-state index contributed by atoms with van der Waals surface area (Å²) in [6.07, 6.45) is 10.2. The van der Waals surface area contributed by atoms with Crippen molar-refractivity contribution < 1.29 is 0 Å². The highest BCUT2D eigenvalue weighted by atomic mass is 15.2.